The maximum Gasteiger partial charge on any atom is 0.335 e. The van der Waals surface area contributed by atoms with E-state index in [4.69, 9.17) is 5.11 Å². The Bertz CT molecular complexity index is 571. The van der Waals surface area contributed by atoms with E-state index in [0.29, 0.717) is 18.7 Å². The van der Waals surface area contributed by atoms with E-state index in [1.165, 1.54) is 19.1 Å². The third-order valence-electron chi connectivity index (χ3n) is 3.47. The normalized spacial score (nSPS) is 18.1. The minimum atomic E-state index is -1.06. The Morgan fingerprint density at radius 1 is 1.29 bits per heavy atom. The van der Waals surface area contributed by atoms with Gasteiger partial charge in [-0.25, -0.2) is 4.79 Å². The lowest BCUT2D eigenvalue weighted by atomic mass is 10.0. The highest BCUT2D eigenvalue weighted by atomic mass is 16.4. The summed E-state index contributed by atoms with van der Waals surface area (Å²) in [6.45, 7) is 2.53. The summed E-state index contributed by atoms with van der Waals surface area (Å²) in [4.78, 5) is 36.1. The van der Waals surface area contributed by atoms with Crippen LogP contribution in [0.2, 0.25) is 0 Å². The average molecular weight is 290 g/mol. The first kappa shape index (κ1) is 15.0. The summed E-state index contributed by atoms with van der Waals surface area (Å²) in [5, 5.41) is 11.8. The summed E-state index contributed by atoms with van der Waals surface area (Å²) < 4.78 is 0. The van der Waals surface area contributed by atoms with E-state index in [1.54, 1.807) is 17.0 Å². The zero-order chi connectivity index (χ0) is 15.4. The minimum Gasteiger partial charge on any atom is -0.478 e. The van der Waals surface area contributed by atoms with Gasteiger partial charge in [0.15, 0.2) is 0 Å². The molecule has 2 amide bonds. The fourth-order valence-corrected chi connectivity index (χ4v) is 2.53. The number of carbonyl (C=O) groups is 3. The zero-order valence-corrected chi connectivity index (χ0v) is 11.8. The van der Waals surface area contributed by atoms with Gasteiger partial charge in [-0.15, -0.1) is 0 Å². The molecule has 1 heterocycles. The van der Waals surface area contributed by atoms with Gasteiger partial charge in [0, 0.05) is 31.6 Å². The summed E-state index contributed by atoms with van der Waals surface area (Å²) in [5.41, 5.74) is 0.453. The number of nitrogens with zero attached hydrogens (tertiary/aromatic N) is 1. The SMILES string of the molecule is CC(=O)NC1CCCN(C(=O)c2cccc(C(=O)O)c2)C1. The molecule has 21 heavy (non-hydrogen) atoms. The van der Waals surface area contributed by atoms with E-state index in [9.17, 15) is 14.4 Å². The molecule has 1 fully saturated rings. The molecule has 0 saturated carbocycles. The van der Waals surface area contributed by atoms with Crippen LogP contribution in [0, 0.1) is 0 Å². The highest BCUT2D eigenvalue weighted by molar-refractivity contribution is 5.97. The number of benzene rings is 1. The van der Waals surface area contributed by atoms with Crippen molar-refractivity contribution in [3.05, 3.63) is 35.4 Å². The topological polar surface area (TPSA) is 86.7 Å². The predicted molar refractivity (Wildman–Crippen MR) is 76.1 cm³/mol. The molecule has 0 aliphatic carbocycles. The third-order valence-corrected chi connectivity index (χ3v) is 3.47. The highest BCUT2D eigenvalue weighted by Crippen LogP contribution is 2.15. The van der Waals surface area contributed by atoms with Crippen molar-refractivity contribution in [1.82, 2.24) is 10.2 Å². The molecule has 6 heteroatoms. The second kappa shape index (κ2) is 6.39. The van der Waals surface area contributed by atoms with Crippen LogP contribution in [0.15, 0.2) is 24.3 Å². The van der Waals surface area contributed by atoms with Crippen LogP contribution in [0.4, 0.5) is 0 Å². The molecule has 1 aromatic rings. The first-order valence-electron chi connectivity index (χ1n) is 6.87. The van der Waals surface area contributed by atoms with Gasteiger partial charge in [0.2, 0.25) is 5.91 Å². The number of carbonyl (C=O) groups excluding carboxylic acids is 2. The molecule has 1 unspecified atom stereocenters. The molecule has 1 saturated heterocycles. The van der Waals surface area contributed by atoms with Crippen LogP contribution < -0.4 is 5.32 Å². The molecule has 2 rings (SSSR count). The molecule has 1 aromatic carbocycles. The number of aromatic carboxylic acids is 1. The van der Waals surface area contributed by atoms with Crippen LogP contribution in [-0.2, 0) is 4.79 Å². The fourth-order valence-electron chi connectivity index (χ4n) is 2.53. The Balaban J connectivity index is 2.10. The molecule has 0 spiro atoms. The molecule has 6 nitrogen and oxygen atoms in total. The Morgan fingerprint density at radius 3 is 2.67 bits per heavy atom. The third kappa shape index (κ3) is 3.81. The predicted octanol–water partition coefficient (Wildman–Crippen LogP) is 1.13. The lowest BCUT2D eigenvalue weighted by Crippen LogP contribution is -2.49. The summed E-state index contributed by atoms with van der Waals surface area (Å²) in [7, 11) is 0. The molecule has 1 atom stereocenters. The standard InChI is InChI=1S/C15H18N2O4/c1-10(18)16-13-6-3-7-17(9-13)14(19)11-4-2-5-12(8-11)15(20)21/h2,4-5,8,13H,3,6-7,9H2,1H3,(H,16,18)(H,20,21). The number of likely N-dealkylation sites (tertiary alicyclic amines) is 1. The van der Waals surface area contributed by atoms with E-state index >= 15 is 0 Å². The van der Waals surface area contributed by atoms with Gasteiger partial charge >= 0.3 is 5.97 Å². The van der Waals surface area contributed by atoms with Gasteiger partial charge in [-0.1, -0.05) is 6.07 Å². The Hall–Kier alpha value is -2.37. The van der Waals surface area contributed by atoms with Crippen molar-refractivity contribution in [1.29, 1.82) is 0 Å². The van der Waals surface area contributed by atoms with Crippen LogP contribution in [0.1, 0.15) is 40.5 Å². The van der Waals surface area contributed by atoms with Gasteiger partial charge in [-0.2, -0.15) is 0 Å². The smallest absolute Gasteiger partial charge is 0.335 e. The molecule has 1 aliphatic heterocycles. The van der Waals surface area contributed by atoms with Gasteiger partial charge in [-0.3, -0.25) is 9.59 Å². The maximum absolute atomic E-state index is 12.4. The van der Waals surface area contributed by atoms with Crippen molar-refractivity contribution >= 4 is 17.8 Å². The second-order valence-electron chi connectivity index (χ2n) is 5.18. The second-order valence-corrected chi connectivity index (χ2v) is 5.18. The molecule has 0 aromatic heterocycles. The van der Waals surface area contributed by atoms with Gasteiger partial charge < -0.3 is 15.3 Å². The molecule has 0 bridgehead atoms. The lowest BCUT2D eigenvalue weighted by molar-refractivity contribution is -0.120. The van der Waals surface area contributed by atoms with Gasteiger partial charge in [0.1, 0.15) is 0 Å². The molecular weight excluding hydrogens is 272 g/mol. The molecule has 112 valence electrons. The molecular formula is C15H18N2O4. The maximum atomic E-state index is 12.4. The number of rotatable bonds is 3. The zero-order valence-electron chi connectivity index (χ0n) is 11.8. The number of amides is 2. The number of hydrogen-bond donors (Lipinski definition) is 2. The number of nitrogens with one attached hydrogen (secondary N) is 1. The van der Waals surface area contributed by atoms with E-state index in [1.807, 2.05) is 0 Å². The molecule has 1 aliphatic rings. The van der Waals surface area contributed by atoms with Crippen LogP contribution in [0.3, 0.4) is 0 Å². The lowest BCUT2D eigenvalue weighted by Gasteiger charge is -2.33. The quantitative estimate of drug-likeness (QED) is 0.873. The van der Waals surface area contributed by atoms with Crippen molar-refractivity contribution in [3.63, 3.8) is 0 Å². The van der Waals surface area contributed by atoms with Crippen LogP contribution in [-0.4, -0.2) is 46.9 Å². The Kier molecular flexibility index (Phi) is 4.57. The van der Waals surface area contributed by atoms with Gasteiger partial charge in [0.05, 0.1) is 5.56 Å². The Labute approximate surface area is 122 Å². The minimum absolute atomic E-state index is 0.0390. The van der Waals surface area contributed by atoms with Crippen molar-refractivity contribution in [2.75, 3.05) is 13.1 Å². The number of carboxylic acid groups (broad SMARTS) is 1. The average Bonchev–Trinajstić information content (AvgIpc) is 2.46. The number of piperidine rings is 1. The summed E-state index contributed by atoms with van der Waals surface area (Å²) in [6.07, 6.45) is 1.66. The summed E-state index contributed by atoms with van der Waals surface area (Å²) >= 11 is 0. The molecule has 2 N–H and O–H groups in total. The van der Waals surface area contributed by atoms with Gasteiger partial charge in [0.25, 0.3) is 5.91 Å². The fraction of sp³-hybridized carbons (Fsp3) is 0.400. The van der Waals surface area contributed by atoms with Crippen molar-refractivity contribution in [3.8, 4) is 0 Å². The summed E-state index contributed by atoms with van der Waals surface area (Å²) in [5.74, 6) is -1.37. The van der Waals surface area contributed by atoms with Crippen molar-refractivity contribution in [2.24, 2.45) is 0 Å². The molecule has 0 radical (unpaired) electrons. The first-order valence-corrected chi connectivity index (χ1v) is 6.87. The summed E-state index contributed by atoms with van der Waals surface area (Å²) in [6, 6.07) is 5.97. The van der Waals surface area contributed by atoms with E-state index < -0.39 is 5.97 Å². The van der Waals surface area contributed by atoms with Crippen LogP contribution in [0.25, 0.3) is 0 Å². The monoisotopic (exact) mass is 290 g/mol. The van der Waals surface area contributed by atoms with E-state index in [0.717, 1.165) is 12.8 Å². The number of carboxylic acids is 1. The van der Waals surface area contributed by atoms with E-state index in [-0.39, 0.29) is 23.4 Å². The largest absolute Gasteiger partial charge is 0.478 e. The van der Waals surface area contributed by atoms with E-state index in [2.05, 4.69) is 5.32 Å². The van der Waals surface area contributed by atoms with Crippen molar-refractivity contribution < 1.29 is 19.5 Å². The van der Waals surface area contributed by atoms with Crippen molar-refractivity contribution in [2.45, 2.75) is 25.8 Å². The van der Waals surface area contributed by atoms with Gasteiger partial charge in [-0.05, 0) is 31.0 Å². The van der Waals surface area contributed by atoms with Crippen LogP contribution >= 0.6 is 0 Å². The number of hydrogen-bond acceptors (Lipinski definition) is 3. The van der Waals surface area contributed by atoms with Crippen LogP contribution in [0.5, 0.6) is 0 Å². The highest BCUT2D eigenvalue weighted by Gasteiger charge is 2.25. The Morgan fingerprint density at radius 2 is 2.00 bits per heavy atom. The first-order chi connectivity index (χ1) is 9.97.